The number of carboxylic acid groups (broad SMARTS) is 1. The molecule has 7 nitrogen and oxygen atoms in total. The molecule has 1 rings (SSSR count). The van der Waals surface area contributed by atoms with Crippen molar-refractivity contribution in [1.82, 2.24) is 0 Å². The molecular formula is C11H16NO6P. The Morgan fingerprint density at radius 3 is 2.26 bits per heavy atom. The molecule has 0 fully saturated rings. The third-order valence-electron chi connectivity index (χ3n) is 2.36. The van der Waals surface area contributed by atoms with Crippen LogP contribution in [-0.4, -0.2) is 31.3 Å². The quantitative estimate of drug-likeness (QED) is 0.731. The lowest BCUT2D eigenvalue weighted by Crippen LogP contribution is -2.32. The standard InChI is InChI=1S/C11H16NO6P/c1-16-19(15,17-2)18-9-5-3-8(4-6-9)7-10(12)11(13)14/h3-6,10H,7,12H2,1-2H3,(H,13,14). The molecule has 106 valence electrons. The number of hydrogen-bond donors (Lipinski definition) is 2. The zero-order chi connectivity index (χ0) is 14.5. The van der Waals surface area contributed by atoms with Crippen molar-refractivity contribution in [3.8, 4) is 5.75 Å². The van der Waals surface area contributed by atoms with E-state index in [2.05, 4.69) is 9.05 Å². The van der Waals surface area contributed by atoms with E-state index in [0.717, 1.165) is 5.56 Å². The Hall–Kier alpha value is -1.40. The topological polar surface area (TPSA) is 108 Å². The van der Waals surface area contributed by atoms with E-state index in [1.165, 1.54) is 26.4 Å². The number of benzene rings is 1. The first kappa shape index (κ1) is 15.7. The molecule has 0 bridgehead atoms. The van der Waals surface area contributed by atoms with Crippen molar-refractivity contribution in [2.24, 2.45) is 5.73 Å². The molecule has 19 heavy (non-hydrogen) atoms. The van der Waals surface area contributed by atoms with Crippen LogP contribution >= 0.6 is 7.82 Å². The summed E-state index contributed by atoms with van der Waals surface area (Å²) in [5, 5.41) is 8.69. The fraction of sp³-hybridized carbons (Fsp3) is 0.364. The van der Waals surface area contributed by atoms with Crippen LogP contribution in [0.15, 0.2) is 24.3 Å². The van der Waals surface area contributed by atoms with Crippen LogP contribution in [0.2, 0.25) is 0 Å². The van der Waals surface area contributed by atoms with Gasteiger partial charge in [0, 0.05) is 14.2 Å². The first-order valence-corrected chi connectivity index (χ1v) is 6.84. The number of phosphoric acid groups is 1. The third-order valence-corrected chi connectivity index (χ3v) is 3.69. The van der Waals surface area contributed by atoms with Gasteiger partial charge in [-0.05, 0) is 24.1 Å². The van der Waals surface area contributed by atoms with Gasteiger partial charge in [0.1, 0.15) is 11.8 Å². The molecule has 1 aromatic carbocycles. The molecule has 0 amide bonds. The summed E-state index contributed by atoms with van der Waals surface area (Å²) in [6, 6.07) is 5.38. The molecule has 0 aliphatic rings. The minimum Gasteiger partial charge on any atom is -0.480 e. The SMILES string of the molecule is COP(=O)(OC)Oc1ccc(CC(N)C(=O)O)cc1. The number of rotatable bonds is 7. The Balaban J connectivity index is 2.72. The predicted octanol–water partition coefficient (Wildman–Crippen LogP) is 1.42. The highest BCUT2D eigenvalue weighted by Crippen LogP contribution is 2.47. The van der Waals surface area contributed by atoms with E-state index < -0.39 is 19.8 Å². The van der Waals surface area contributed by atoms with Crippen LogP contribution in [0.4, 0.5) is 0 Å². The Morgan fingerprint density at radius 2 is 1.84 bits per heavy atom. The molecule has 0 saturated carbocycles. The Morgan fingerprint density at radius 1 is 1.32 bits per heavy atom. The molecule has 0 radical (unpaired) electrons. The summed E-state index contributed by atoms with van der Waals surface area (Å²) in [5.41, 5.74) is 6.14. The van der Waals surface area contributed by atoms with Crippen LogP contribution in [-0.2, 0) is 24.8 Å². The summed E-state index contributed by atoms with van der Waals surface area (Å²) >= 11 is 0. The predicted molar refractivity (Wildman–Crippen MR) is 68.0 cm³/mol. The van der Waals surface area contributed by atoms with E-state index in [9.17, 15) is 9.36 Å². The molecule has 8 heteroatoms. The molecule has 1 unspecified atom stereocenters. The molecule has 0 aliphatic carbocycles. The Bertz CT molecular complexity index is 467. The number of hydrogen-bond acceptors (Lipinski definition) is 6. The maximum Gasteiger partial charge on any atom is 0.529 e. The van der Waals surface area contributed by atoms with Gasteiger partial charge in [-0.1, -0.05) is 12.1 Å². The van der Waals surface area contributed by atoms with E-state index in [4.69, 9.17) is 15.4 Å². The average Bonchev–Trinajstić information content (AvgIpc) is 2.40. The largest absolute Gasteiger partial charge is 0.529 e. The maximum atomic E-state index is 11.7. The zero-order valence-corrected chi connectivity index (χ0v) is 11.5. The van der Waals surface area contributed by atoms with E-state index in [1.54, 1.807) is 12.1 Å². The van der Waals surface area contributed by atoms with Crippen molar-refractivity contribution in [1.29, 1.82) is 0 Å². The van der Waals surface area contributed by atoms with Crippen molar-refractivity contribution < 1.29 is 28.0 Å². The van der Waals surface area contributed by atoms with Gasteiger partial charge in [0.2, 0.25) is 0 Å². The molecule has 3 N–H and O–H groups in total. The molecular weight excluding hydrogens is 273 g/mol. The third kappa shape index (κ3) is 4.65. The molecule has 0 aliphatic heterocycles. The van der Waals surface area contributed by atoms with E-state index in [-0.39, 0.29) is 6.42 Å². The average molecular weight is 289 g/mol. The second kappa shape index (κ2) is 6.68. The molecule has 0 heterocycles. The second-order valence-corrected chi connectivity index (χ2v) is 5.50. The van der Waals surface area contributed by atoms with E-state index in [0.29, 0.717) is 5.75 Å². The van der Waals surface area contributed by atoms with Crippen LogP contribution in [0.5, 0.6) is 5.75 Å². The molecule has 1 atom stereocenters. The molecule has 0 spiro atoms. The summed E-state index contributed by atoms with van der Waals surface area (Å²) in [7, 11) is -1.15. The van der Waals surface area contributed by atoms with Gasteiger partial charge in [-0.2, -0.15) is 0 Å². The highest BCUT2D eigenvalue weighted by molar-refractivity contribution is 7.48. The van der Waals surface area contributed by atoms with Gasteiger partial charge in [-0.15, -0.1) is 0 Å². The van der Waals surface area contributed by atoms with Gasteiger partial charge >= 0.3 is 13.8 Å². The van der Waals surface area contributed by atoms with Gasteiger partial charge in [0.25, 0.3) is 0 Å². The zero-order valence-electron chi connectivity index (χ0n) is 10.6. The number of phosphoric ester groups is 1. The lowest BCUT2D eigenvalue weighted by molar-refractivity contribution is -0.138. The normalized spacial score (nSPS) is 13.0. The first-order valence-electron chi connectivity index (χ1n) is 5.38. The first-order chi connectivity index (χ1) is 8.90. The fourth-order valence-corrected chi connectivity index (χ4v) is 1.98. The number of carbonyl (C=O) groups is 1. The van der Waals surface area contributed by atoms with Gasteiger partial charge in [0.05, 0.1) is 0 Å². The van der Waals surface area contributed by atoms with Crippen LogP contribution in [0.3, 0.4) is 0 Å². The Labute approximate surface area is 110 Å². The van der Waals surface area contributed by atoms with Gasteiger partial charge in [-0.25, -0.2) is 4.57 Å². The van der Waals surface area contributed by atoms with Crippen LogP contribution in [0.1, 0.15) is 5.56 Å². The second-order valence-electron chi connectivity index (χ2n) is 3.70. The van der Waals surface area contributed by atoms with Crippen molar-refractivity contribution in [3.05, 3.63) is 29.8 Å². The van der Waals surface area contributed by atoms with Crippen LogP contribution in [0, 0.1) is 0 Å². The smallest absolute Gasteiger partial charge is 0.480 e. The highest BCUT2D eigenvalue weighted by Gasteiger charge is 2.24. The number of carboxylic acids is 1. The van der Waals surface area contributed by atoms with E-state index in [1.807, 2.05) is 0 Å². The minimum absolute atomic E-state index is 0.196. The van der Waals surface area contributed by atoms with E-state index >= 15 is 0 Å². The Kier molecular flexibility index (Phi) is 5.50. The van der Waals surface area contributed by atoms with Gasteiger partial charge in [-0.3, -0.25) is 13.8 Å². The number of nitrogens with two attached hydrogens (primary N) is 1. The summed E-state index contributed by atoms with van der Waals surface area (Å²) in [5.74, 6) is -0.775. The molecule has 1 aromatic rings. The highest BCUT2D eigenvalue weighted by atomic mass is 31.2. The monoisotopic (exact) mass is 289 g/mol. The summed E-state index contributed by atoms with van der Waals surface area (Å²) in [4.78, 5) is 10.6. The van der Waals surface area contributed by atoms with Gasteiger partial charge < -0.3 is 15.4 Å². The lowest BCUT2D eigenvalue weighted by Gasteiger charge is -2.14. The van der Waals surface area contributed by atoms with Crippen molar-refractivity contribution in [2.75, 3.05) is 14.2 Å². The van der Waals surface area contributed by atoms with Gasteiger partial charge in [0.15, 0.2) is 0 Å². The summed E-state index contributed by atoms with van der Waals surface area (Å²) < 4.78 is 26.0. The fourth-order valence-electron chi connectivity index (χ4n) is 1.31. The minimum atomic E-state index is -3.58. The van der Waals surface area contributed by atoms with Crippen LogP contribution in [0.25, 0.3) is 0 Å². The summed E-state index contributed by atoms with van der Waals surface area (Å²) in [6.07, 6.45) is 0.196. The lowest BCUT2D eigenvalue weighted by atomic mass is 10.1. The summed E-state index contributed by atoms with van der Waals surface area (Å²) in [6.45, 7) is 0. The molecule has 0 saturated heterocycles. The van der Waals surface area contributed by atoms with Crippen molar-refractivity contribution >= 4 is 13.8 Å². The maximum absolute atomic E-state index is 11.7. The molecule has 0 aromatic heterocycles. The number of aliphatic carboxylic acids is 1. The van der Waals surface area contributed by atoms with Crippen LogP contribution < -0.4 is 10.3 Å². The van der Waals surface area contributed by atoms with Crippen molar-refractivity contribution in [2.45, 2.75) is 12.5 Å². The van der Waals surface area contributed by atoms with Crippen molar-refractivity contribution in [3.63, 3.8) is 0 Å².